The number of anilines is 1. The molecule has 1 aliphatic carbocycles. The van der Waals surface area contributed by atoms with E-state index in [9.17, 15) is 0 Å². The summed E-state index contributed by atoms with van der Waals surface area (Å²) in [6.07, 6.45) is 7.80. The monoisotopic (exact) mass is 259 g/mol. The number of hydrogen-bond donors (Lipinski definition) is 1. The van der Waals surface area contributed by atoms with Gasteiger partial charge in [-0.25, -0.2) is 0 Å². The van der Waals surface area contributed by atoms with Crippen LogP contribution < -0.4 is 10.1 Å². The summed E-state index contributed by atoms with van der Waals surface area (Å²) >= 11 is 0. The molecule has 19 heavy (non-hydrogen) atoms. The minimum absolute atomic E-state index is 0.388. The minimum atomic E-state index is 0.388. The van der Waals surface area contributed by atoms with Gasteiger partial charge in [0.25, 0.3) is 0 Å². The van der Waals surface area contributed by atoms with E-state index in [0.29, 0.717) is 11.5 Å². The Labute approximate surface area is 116 Å². The molecule has 1 aliphatic heterocycles. The number of hydrogen-bond acceptors (Lipinski definition) is 2. The molecular weight excluding hydrogens is 234 g/mol. The van der Waals surface area contributed by atoms with E-state index in [-0.39, 0.29) is 0 Å². The molecule has 1 heterocycles. The van der Waals surface area contributed by atoms with Crippen molar-refractivity contribution in [3.63, 3.8) is 0 Å². The van der Waals surface area contributed by atoms with Crippen molar-refractivity contribution in [1.29, 1.82) is 0 Å². The Morgan fingerprint density at radius 1 is 1.26 bits per heavy atom. The van der Waals surface area contributed by atoms with Crippen LogP contribution in [0.15, 0.2) is 18.2 Å². The second kappa shape index (κ2) is 5.07. The molecule has 0 radical (unpaired) electrons. The van der Waals surface area contributed by atoms with Gasteiger partial charge in [0.1, 0.15) is 5.75 Å². The highest BCUT2D eigenvalue weighted by Gasteiger charge is 2.29. The van der Waals surface area contributed by atoms with Crippen LogP contribution in [-0.2, 0) is 6.42 Å². The third-order valence-electron chi connectivity index (χ3n) is 4.49. The van der Waals surface area contributed by atoms with Crippen LogP contribution in [0.4, 0.5) is 5.69 Å². The van der Waals surface area contributed by atoms with E-state index in [1.54, 1.807) is 0 Å². The lowest BCUT2D eigenvalue weighted by atomic mass is 9.76. The maximum Gasteiger partial charge on any atom is 0.143 e. The van der Waals surface area contributed by atoms with Crippen molar-refractivity contribution in [1.82, 2.24) is 0 Å². The highest BCUT2D eigenvalue weighted by molar-refractivity contribution is 5.63. The van der Waals surface area contributed by atoms with Crippen LogP contribution in [0.2, 0.25) is 0 Å². The van der Waals surface area contributed by atoms with Gasteiger partial charge in [0.05, 0.1) is 11.8 Å². The molecule has 1 aromatic carbocycles. The summed E-state index contributed by atoms with van der Waals surface area (Å²) < 4.78 is 6.33. The first-order valence-electron chi connectivity index (χ1n) is 7.66. The van der Waals surface area contributed by atoms with Crippen molar-refractivity contribution >= 4 is 5.69 Å². The first-order valence-corrected chi connectivity index (χ1v) is 7.66. The second-order valence-electron chi connectivity index (χ2n) is 6.82. The molecule has 0 saturated heterocycles. The Morgan fingerprint density at radius 2 is 2.16 bits per heavy atom. The van der Waals surface area contributed by atoms with Crippen LogP contribution in [0.3, 0.4) is 0 Å². The molecule has 1 fully saturated rings. The SMILES string of the molecule is CC1(C)CCCC(Oc2cccc3c2NCCC3)C1. The van der Waals surface area contributed by atoms with Crippen molar-refractivity contribution in [3.8, 4) is 5.75 Å². The molecule has 1 aromatic rings. The van der Waals surface area contributed by atoms with E-state index < -0.39 is 0 Å². The molecule has 3 rings (SSSR count). The number of fused-ring (bicyclic) bond motifs is 1. The summed E-state index contributed by atoms with van der Waals surface area (Å²) in [6, 6.07) is 6.48. The quantitative estimate of drug-likeness (QED) is 0.850. The summed E-state index contributed by atoms with van der Waals surface area (Å²) in [5.74, 6) is 1.07. The molecule has 1 saturated carbocycles. The van der Waals surface area contributed by atoms with Gasteiger partial charge in [-0.3, -0.25) is 0 Å². The Hall–Kier alpha value is -1.18. The van der Waals surface area contributed by atoms with Crippen molar-refractivity contribution in [2.45, 2.75) is 58.5 Å². The van der Waals surface area contributed by atoms with Gasteiger partial charge in [-0.2, -0.15) is 0 Å². The molecular formula is C17H25NO. The molecule has 1 N–H and O–H groups in total. The van der Waals surface area contributed by atoms with E-state index in [2.05, 4.69) is 37.4 Å². The smallest absolute Gasteiger partial charge is 0.143 e. The maximum absolute atomic E-state index is 6.33. The third kappa shape index (κ3) is 2.88. The van der Waals surface area contributed by atoms with E-state index in [0.717, 1.165) is 12.3 Å². The lowest BCUT2D eigenvalue weighted by Crippen LogP contribution is -2.30. The van der Waals surface area contributed by atoms with Gasteiger partial charge >= 0.3 is 0 Å². The van der Waals surface area contributed by atoms with Crippen LogP contribution in [0, 0.1) is 5.41 Å². The maximum atomic E-state index is 6.33. The van der Waals surface area contributed by atoms with Gasteiger partial charge in [0.15, 0.2) is 0 Å². The van der Waals surface area contributed by atoms with Crippen molar-refractivity contribution in [2.24, 2.45) is 5.41 Å². The molecule has 0 spiro atoms. The van der Waals surface area contributed by atoms with Crippen LogP contribution in [0.1, 0.15) is 51.5 Å². The zero-order valence-corrected chi connectivity index (χ0v) is 12.2. The van der Waals surface area contributed by atoms with Gasteiger partial charge in [-0.05, 0) is 55.6 Å². The summed E-state index contributed by atoms with van der Waals surface area (Å²) in [6.45, 7) is 5.80. The Kier molecular flexibility index (Phi) is 3.42. The molecule has 2 heteroatoms. The van der Waals surface area contributed by atoms with E-state index >= 15 is 0 Å². The van der Waals surface area contributed by atoms with Gasteiger partial charge in [-0.15, -0.1) is 0 Å². The van der Waals surface area contributed by atoms with Crippen LogP contribution in [-0.4, -0.2) is 12.6 Å². The van der Waals surface area contributed by atoms with E-state index in [1.807, 2.05) is 0 Å². The molecule has 0 aromatic heterocycles. The molecule has 104 valence electrons. The van der Waals surface area contributed by atoms with Crippen LogP contribution in [0.5, 0.6) is 5.75 Å². The molecule has 0 amide bonds. The normalized spacial score (nSPS) is 25.3. The summed E-state index contributed by atoms with van der Waals surface area (Å²) in [5, 5.41) is 3.52. The predicted octanol–water partition coefficient (Wildman–Crippen LogP) is 4.39. The predicted molar refractivity (Wildman–Crippen MR) is 79.9 cm³/mol. The number of ether oxygens (including phenoxy) is 1. The average molecular weight is 259 g/mol. The largest absolute Gasteiger partial charge is 0.488 e. The fraction of sp³-hybridized carbons (Fsp3) is 0.647. The van der Waals surface area contributed by atoms with E-state index in [4.69, 9.17) is 4.74 Å². The van der Waals surface area contributed by atoms with Crippen molar-refractivity contribution in [2.75, 3.05) is 11.9 Å². The number of nitrogens with one attached hydrogen (secondary N) is 1. The first-order chi connectivity index (χ1) is 9.14. The highest BCUT2D eigenvalue weighted by Crippen LogP contribution is 2.39. The van der Waals surface area contributed by atoms with Crippen molar-refractivity contribution in [3.05, 3.63) is 23.8 Å². The Morgan fingerprint density at radius 3 is 3.00 bits per heavy atom. The first kappa shape index (κ1) is 12.8. The topological polar surface area (TPSA) is 21.3 Å². The standard InChI is InChI=1S/C17H25NO/c1-17(2)10-4-8-14(12-17)19-15-9-3-6-13-7-5-11-18-16(13)15/h3,6,9,14,18H,4-5,7-8,10-12H2,1-2H3. The van der Waals surface area contributed by atoms with Crippen molar-refractivity contribution < 1.29 is 4.74 Å². The minimum Gasteiger partial charge on any atom is -0.488 e. The van der Waals surface area contributed by atoms with Gasteiger partial charge in [0.2, 0.25) is 0 Å². The van der Waals surface area contributed by atoms with Crippen LogP contribution >= 0.6 is 0 Å². The number of rotatable bonds is 2. The van der Waals surface area contributed by atoms with Gasteiger partial charge in [-0.1, -0.05) is 26.0 Å². The number of para-hydroxylation sites is 1. The fourth-order valence-electron chi connectivity index (χ4n) is 3.48. The summed E-state index contributed by atoms with van der Waals surface area (Å²) in [7, 11) is 0. The van der Waals surface area contributed by atoms with Gasteiger partial charge < -0.3 is 10.1 Å². The molecule has 1 atom stereocenters. The molecule has 2 aliphatic rings. The van der Waals surface area contributed by atoms with E-state index in [1.165, 1.54) is 49.8 Å². The summed E-state index contributed by atoms with van der Waals surface area (Å²) in [4.78, 5) is 0. The highest BCUT2D eigenvalue weighted by atomic mass is 16.5. The second-order valence-corrected chi connectivity index (χ2v) is 6.82. The molecule has 0 bridgehead atoms. The zero-order valence-electron chi connectivity index (χ0n) is 12.2. The molecule has 1 unspecified atom stereocenters. The third-order valence-corrected chi connectivity index (χ3v) is 4.49. The fourth-order valence-corrected chi connectivity index (χ4v) is 3.48. The number of benzene rings is 1. The Bertz CT molecular complexity index is 453. The number of aryl methyl sites for hydroxylation is 1. The zero-order chi connectivity index (χ0) is 13.3. The van der Waals surface area contributed by atoms with Crippen LogP contribution in [0.25, 0.3) is 0 Å². The average Bonchev–Trinajstić information content (AvgIpc) is 2.38. The van der Waals surface area contributed by atoms with Gasteiger partial charge in [0, 0.05) is 6.54 Å². The summed E-state index contributed by atoms with van der Waals surface area (Å²) in [5.41, 5.74) is 3.10. The lowest BCUT2D eigenvalue weighted by Gasteiger charge is -2.36. The molecule has 2 nitrogen and oxygen atoms in total. The lowest BCUT2D eigenvalue weighted by molar-refractivity contribution is 0.0855. The Balaban J connectivity index is 1.76.